The van der Waals surface area contributed by atoms with Crippen molar-refractivity contribution in [2.75, 3.05) is 7.11 Å². The first-order valence-corrected chi connectivity index (χ1v) is 7.63. The van der Waals surface area contributed by atoms with Crippen LogP contribution in [-0.2, 0) is 14.8 Å². The van der Waals surface area contributed by atoms with Gasteiger partial charge in [-0.15, -0.1) is 0 Å². The summed E-state index contributed by atoms with van der Waals surface area (Å²) in [6.45, 7) is 3.39. The van der Waals surface area contributed by atoms with Gasteiger partial charge < -0.3 is 9.84 Å². The molecule has 0 fully saturated rings. The van der Waals surface area contributed by atoms with Crippen molar-refractivity contribution in [1.29, 1.82) is 0 Å². The number of carbonyl (C=O) groups is 1. The summed E-state index contributed by atoms with van der Waals surface area (Å²) in [5.41, 5.74) is 0.716. The molecule has 1 rings (SSSR count). The number of hydrogen-bond acceptors (Lipinski definition) is 4. The van der Waals surface area contributed by atoms with Crippen LogP contribution in [-0.4, -0.2) is 32.6 Å². The maximum Gasteiger partial charge on any atom is 0.303 e. The number of sulfonamides is 1. The first-order chi connectivity index (χ1) is 9.26. The molecule has 0 bridgehead atoms. The Kier molecular flexibility index (Phi) is 5.52. The third kappa shape index (κ3) is 4.50. The SMILES string of the molecule is COc1ccc(S(=O)(=O)NC(C)CCC(=O)O)cc1C. The number of carboxylic acids is 1. The van der Waals surface area contributed by atoms with Crippen LogP contribution in [0, 0.1) is 6.92 Å². The molecule has 0 aliphatic rings. The fraction of sp³-hybridized carbons (Fsp3) is 0.462. The highest BCUT2D eigenvalue weighted by Gasteiger charge is 2.18. The lowest BCUT2D eigenvalue weighted by Gasteiger charge is -2.14. The predicted molar refractivity (Wildman–Crippen MR) is 74.4 cm³/mol. The highest BCUT2D eigenvalue weighted by Crippen LogP contribution is 2.21. The number of nitrogens with one attached hydrogen (secondary N) is 1. The molecule has 2 N–H and O–H groups in total. The molecule has 112 valence electrons. The molecule has 1 unspecified atom stereocenters. The lowest BCUT2D eigenvalue weighted by molar-refractivity contribution is -0.137. The summed E-state index contributed by atoms with van der Waals surface area (Å²) in [6, 6.07) is 4.12. The number of rotatable bonds is 7. The molecule has 6 nitrogen and oxygen atoms in total. The van der Waals surface area contributed by atoms with E-state index in [1.807, 2.05) is 0 Å². The van der Waals surface area contributed by atoms with Gasteiger partial charge in [0.2, 0.25) is 10.0 Å². The first kappa shape index (κ1) is 16.5. The Morgan fingerprint density at radius 2 is 2.10 bits per heavy atom. The largest absolute Gasteiger partial charge is 0.496 e. The fourth-order valence-electron chi connectivity index (χ4n) is 1.75. The fourth-order valence-corrected chi connectivity index (χ4v) is 3.11. The Balaban J connectivity index is 2.83. The molecular weight excluding hydrogens is 282 g/mol. The van der Waals surface area contributed by atoms with E-state index in [1.165, 1.54) is 19.2 Å². The van der Waals surface area contributed by atoms with Gasteiger partial charge in [-0.1, -0.05) is 0 Å². The zero-order chi connectivity index (χ0) is 15.3. The summed E-state index contributed by atoms with van der Waals surface area (Å²) in [6.07, 6.45) is 0.162. The number of hydrogen-bond donors (Lipinski definition) is 2. The van der Waals surface area contributed by atoms with E-state index in [9.17, 15) is 13.2 Å². The molecule has 0 radical (unpaired) electrons. The number of benzene rings is 1. The zero-order valence-electron chi connectivity index (χ0n) is 11.7. The highest BCUT2D eigenvalue weighted by molar-refractivity contribution is 7.89. The molecule has 0 heterocycles. The van der Waals surface area contributed by atoms with Gasteiger partial charge in [-0.05, 0) is 44.0 Å². The van der Waals surface area contributed by atoms with E-state index in [0.717, 1.165) is 0 Å². The van der Waals surface area contributed by atoms with Gasteiger partial charge in [0, 0.05) is 12.5 Å². The molecule has 1 atom stereocenters. The number of aryl methyl sites for hydroxylation is 1. The normalized spacial score (nSPS) is 12.9. The average molecular weight is 301 g/mol. The van der Waals surface area contributed by atoms with Crippen LogP contribution in [0.4, 0.5) is 0 Å². The van der Waals surface area contributed by atoms with Gasteiger partial charge in [0.05, 0.1) is 12.0 Å². The van der Waals surface area contributed by atoms with Crippen LogP contribution in [0.1, 0.15) is 25.3 Å². The number of ether oxygens (including phenoxy) is 1. The van der Waals surface area contributed by atoms with Crippen LogP contribution in [0.15, 0.2) is 23.1 Å². The summed E-state index contributed by atoms with van der Waals surface area (Å²) < 4.78 is 31.8. The summed E-state index contributed by atoms with van der Waals surface area (Å²) in [7, 11) is -2.14. The molecule has 0 aliphatic carbocycles. The highest BCUT2D eigenvalue weighted by atomic mass is 32.2. The Morgan fingerprint density at radius 3 is 2.60 bits per heavy atom. The van der Waals surface area contributed by atoms with Gasteiger partial charge in [-0.2, -0.15) is 0 Å². The smallest absolute Gasteiger partial charge is 0.303 e. The van der Waals surface area contributed by atoms with Crippen molar-refractivity contribution in [2.45, 2.75) is 37.6 Å². The van der Waals surface area contributed by atoms with E-state index in [4.69, 9.17) is 9.84 Å². The van der Waals surface area contributed by atoms with Gasteiger partial charge in [0.1, 0.15) is 5.75 Å². The molecular formula is C13H19NO5S. The van der Waals surface area contributed by atoms with Crippen molar-refractivity contribution in [3.8, 4) is 5.75 Å². The van der Waals surface area contributed by atoms with E-state index in [2.05, 4.69) is 4.72 Å². The lowest BCUT2D eigenvalue weighted by atomic mass is 10.2. The lowest BCUT2D eigenvalue weighted by Crippen LogP contribution is -2.33. The van der Waals surface area contributed by atoms with Gasteiger partial charge in [0.25, 0.3) is 0 Å². The quantitative estimate of drug-likeness (QED) is 0.797. The number of methoxy groups -OCH3 is 1. The van der Waals surface area contributed by atoms with E-state index >= 15 is 0 Å². The number of carboxylic acid groups (broad SMARTS) is 1. The second kappa shape index (κ2) is 6.71. The third-order valence-corrected chi connectivity index (χ3v) is 4.41. The number of aliphatic carboxylic acids is 1. The van der Waals surface area contributed by atoms with Gasteiger partial charge in [0.15, 0.2) is 0 Å². The van der Waals surface area contributed by atoms with Crippen molar-refractivity contribution in [1.82, 2.24) is 4.72 Å². The summed E-state index contributed by atoms with van der Waals surface area (Å²) in [4.78, 5) is 10.6. The molecule has 20 heavy (non-hydrogen) atoms. The molecule has 7 heteroatoms. The molecule has 0 saturated heterocycles. The minimum absolute atomic E-state index is 0.0780. The van der Waals surface area contributed by atoms with Crippen LogP contribution < -0.4 is 9.46 Å². The Morgan fingerprint density at radius 1 is 1.45 bits per heavy atom. The average Bonchev–Trinajstić information content (AvgIpc) is 2.35. The molecule has 0 spiro atoms. The topological polar surface area (TPSA) is 92.7 Å². The zero-order valence-corrected chi connectivity index (χ0v) is 12.5. The first-order valence-electron chi connectivity index (χ1n) is 6.15. The molecule has 1 aromatic rings. The van der Waals surface area contributed by atoms with Crippen molar-refractivity contribution < 1.29 is 23.1 Å². The van der Waals surface area contributed by atoms with E-state index in [0.29, 0.717) is 11.3 Å². The van der Waals surface area contributed by atoms with Crippen LogP contribution in [0.25, 0.3) is 0 Å². The summed E-state index contributed by atoms with van der Waals surface area (Å²) >= 11 is 0. The molecule has 0 aliphatic heterocycles. The van der Waals surface area contributed by atoms with Crippen LogP contribution in [0.2, 0.25) is 0 Å². The van der Waals surface area contributed by atoms with Crippen molar-refractivity contribution >= 4 is 16.0 Å². The van der Waals surface area contributed by atoms with Gasteiger partial charge in [-0.25, -0.2) is 13.1 Å². The van der Waals surface area contributed by atoms with E-state index in [1.54, 1.807) is 19.9 Å². The minimum atomic E-state index is -3.65. The van der Waals surface area contributed by atoms with Crippen molar-refractivity contribution in [3.63, 3.8) is 0 Å². The predicted octanol–water partition coefficient (Wildman–Crippen LogP) is 1.54. The van der Waals surface area contributed by atoms with Gasteiger partial charge >= 0.3 is 5.97 Å². The maximum absolute atomic E-state index is 12.1. The van der Waals surface area contributed by atoms with Crippen molar-refractivity contribution in [2.24, 2.45) is 0 Å². The maximum atomic E-state index is 12.1. The van der Waals surface area contributed by atoms with E-state index < -0.39 is 22.0 Å². The Hall–Kier alpha value is -1.60. The third-order valence-electron chi connectivity index (χ3n) is 2.82. The van der Waals surface area contributed by atoms with Gasteiger partial charge in [-0.3, -0.25) is 4.79 Å². The summed E-state index contributed by atoms with van der Waals surface area (Å²) in [5, 5.41) is 8.58. The molecule has 0 amide bonds. The van der Waals surface area contributed by atoms with Crippen molar-refractivity contribution in [3.05, 3.63) is 23.8 Å². The van der Waals surface area contributed by atoms with Crippen LogP contribution >= 0.6 is 0 Å². The molecule has 1 aromatic carbocycles. The second-order valence-electron chi connectivity index (χ2n) is 4.59. The summed E-state index contributed by atoms with van der Waals surface area (Å²) in [5.74, 6) is -0.334. The standard InChI is InChI=1S/C13H19NO5S/c1-9-8-11(5-6-12(9)19-3)20(17,18)14-10(2)4-7-13(15)16/h5-6,8,10,14H,4,7H2,1-3H3,(H,15,16). The van der Waals surface area contributed by atoms with E-state index in [-0.39, 0.29) is 17.7 Å². The molecule has 0 aromatic heterocycles. The second-order valence-corrected chi connectivity index (χ2v) is 6.30. The minimum Gasteiger partial charge on any atom is -0.496 e. The van der Waals surface area contributed by atoms with Crippen LogP contribution in [0.3, 0.4) is 0 Å². The van der Waals surface area contributed by atoms with Crippen LogP contribution in [0.5, 0.6) is 5.75 Å². The Bertz CT molecular complexity index is 582. The molecule has 0 saturated carbocycles. The Labute approximate surface area is 118 Å². The monoisotopic (exact) mass is 301 g/mol.